The molecule has 0 bridgehead atoms. The highest BCUT2D eigenvalue weighted by Crippen LogP contribution is 2.28. The summed E-state index contributed by atoms with van der Waals surface area (Å²) >= 11 is 0. The summed E-state index contributed by atoms with van der Waals surface area (Å²) in [5.41, 5.74) is 3.97. The highest BCUT2D eigenvalue weighted by atomic mass is 16.6. The third kappa shape index (κ3) is 2.65. The van der Waals surface area contributed by atoms with Crippen molar-refractivity contribution < 1.29 is 9.47 Å². The van der Waals surface area contributed by atoms with Gasteiger partial charge in [-0.2, -0.15) is 4.98 Å². The van der Waals surface area contributed by atoms with Crippen LogP contribution in [0.3, 0.4) is 0 Å². The number of para-hydroxylation sites is 2. The van der Waals surface area contributed by atoms with Crippen LogP contribution in [0.25, 0.3) is 22.3 Å². The van der Waals surface area contributed by atoms with Crippen molar-refractivity contribution in [3.05, 3.63) is 67.1 Å². The summed E-state index contributed by atoms with van der Waals surface area (Å²) in [6.45, 7) is 1.19. The van der Waals surface area contributed by atoms with Gasteiger partial charge in [0.05, 0.1) is 29.5 Å². The van der Waals surface area contributed by atoms with Crippen LogP contribution in [0.2, 0.25) is 0 Å². The lowest BCUT2D eigenvalue weighted by Gasteiger charge is -2.11. The highest BCUT2D eigenvalue weighted by Gasteiger charge is 2.26. The van der Waals surface area contributed by atoms with Crippen molar-refractivity contribution in [3.63, 3.8) is 0 Å². The zero-order valence-corrected chi connectivity index (χ0v) is 13.9. The Kier molecular flexibility index (Phi) is 3.52. The number of pyridine rings is 2. The smallest absolute Gasteiger partial charge is 0.297 e. The molecule has 0 unspecified atom stereocenters. The minimum Gasteiger partial charge on any atom is -0.488 e. The molecular formula is C20H16N4O2. The van der Waals surface area contributed by atoms with E-state index in [4.69, 9.17) is 9.47 Å². The van der Waals surface area contributed by atoms with Crippen LogP contribution in [-0.4, -0.2) is 32.2 Å². The second kappa shape index (κ2) is 6.15. The first kappa shape index (κ1) is 14.9. The number of benzene rings is 1. The van der Waals surface area contributed by atoms with E-state index in [2.05, 4.69) is 25.6 Å². The molecule has 3 aromatic heterocycles. The Balaban J connectivity index is 1.24. The number of fused-ring (bicyclic) bond motifs is 3. The molecule has 6 nitrogen and oxygen atoms in total. The molecular weight excluding hydrogens is 328 g/mol. The second-order valence-electron chi connectivity index (χ2n) is 6.16. The van der Waals surface area contributed by atoms with Crippen LogP contribution >= 0.6 is 0 Å². The Hall–Kier alpha value is -3.41. The fourth-order valence-corrected chi connectivity index (χ4v) is 3.14. The average molecular weight is 344 g/mol. The van der Waals surface area contributed by atoms with Crippen LogP contribution in [0.15, 0.2) is 67.1 Å². The van der Waals surface area contributed by atoms with Crippen LogP contribution < -0.4 is 9.47 Å². The molecule has 0 saturated carbocycles. The molecule has 4 aromatic rings. The van der Waals surface area contributed by atoms with Gasteiger partial charge in [0.2, 0.25) is 0 Å². The van der Waals surface area contributed by atoms with Gasteiger partial charge >= 0.3 is 0 Å². The van der Waals surface area contributed by atoms with E-state index in [1.807, 2.05) is 42.5 Å². The van der Waals surface area contributed by atoms with E-state index in [1.54, 1.807) is 18.6 Å². The highest BCUT2D eigenvalue weighted by molar-refractivity contribution is 5.76. The van der Waals surface area contributed by atoms with Crippen molar-refractivity contribution in [2.24, 2.45) is 0 Å². The van der Waals surface area contributed by atoms with Crippen molar-refractivity contribution in [2.45, 2.75) is 12.6 Å². The average Bonchev–Trinajstić information content (AvgIpc) is 3.25. The van der Waals surface area contributed by atoms with Gasteiger partial charge < -0.3 is 9.47 Å². The first-order chi connectivity index (χ1) is 12.9. The third-order valence-corrected chi connectivity index (χ3v) is 4.43. The van der Waals surface area contributed by atoms with Crippen LogP contribution in [0, 0.1) is 0 Å². The normalized spacial score (nSPS) is 15.6. The molecule has 1 aliphatic heterocycles. The SMILES string of the molecule is c1ccc2c(c1)nc1n2C[C@@H](COc2ccc(-c3ccncc3)nc2)O1. The van der Waals surface area contributed by atoms with Crippen molar-refractivity contribution in [1.82, 2.24) is 19.5 Å². The number of aromatic nitrogens is 4. The Labute approximate surface area is 150 Å². The Morgan fingerprint density at radius 2 is 1.96 bits per heavy atom. The van der Waals surface area contributed by atoms with E-state index >= 15 is 0 Å². The minimum atomic E-state index is -0.0537. The molecule has 6 heteroatoms. The van der Waals surface area contributed by atoms with Gasteiger partial charge in [0.25, 0.3) is 6.01 Å². The van der Waals surface area contributed by atoms with Gasteiger partial charge in [-0.1, -0.05) is 12.1 Å². The summed E-state index contributed by atoms with van der Waals surface area (Å²) in [5, 5.41) is 0. The van der Waals surface area contributed by atoms with Gasteiger partial charge in [-0.15, -0.1) is 0 Å². The molecule has 0 radical (unpaired) electrons. The molecule has 0 fully saturated rings. The topological polar surface area (TPSA) is 62.1 Å². The first-order valence-corrected chi connectivity index (χ1v) is 8.48. The van der Waals surface area contributed by atoms with E-state index in [9.17, 15) is 0 Å². The number of imidazole rings is 1. The largest absolute Gasteiger partial charge is 0.488 e. The summed E-state index contributed by atoms with van der Waals surface area (Å²) in [5.74, 6) is 0.723. The molecule has 1 aromatic carbocycles. The zero-order valence-electron chi connectivity index (χ0n) is 13.9. The van der Waals surface area contributed by atoms with E-state index < -0.39 is 0 Å². The summed E-state index contributed by atoms with van der Waals surface area (Å²) in [7, 11) is 0. The number of hydrogen-bond donors (Lipinski definition) is 0. The quantitative estimate of drug-likeness (QED) is 0.568. The minimum absolute atomic E-state index is 0.0537. The molecule has 26 heavy (non-hydrogen) atoms. The molecule has 0 amide bonds. The standard InChI is InChI=1S/C20H16N4O2/c1-2-4-19-18(3-1)23-20-24(19)12-16(26-20)13-25-15-5-6-17(22-11-15)14-7-9-21-10-8-14/h1-11,16H,12-13H2/t16-/m0/s1. The Morgan fingerprint density at radius 3 is 2.81 bits per heavy atom. The maximum atomic E-state index is 5.91. The van der Waals surface area contributed by atoms with Crippen molar-refractivity contribution in [3.8, 4) is 23.0 Å². The predicted molar refractivity (Wildman–Crippen MR) is 97.1 cm³/mol. The molecule has 4 heterocycles. The van der Waals surface area contributed by atoms with Crippen molar-refractivity contribution >= 4 is 11.0 Å². The summed E-state index contributed by atoms with van der Waals surface area (Å²) < 4.78 is 13.9. The fraction of sp³-hybridized carbons (Fsp3) is 0.150. The van der Waals surface area contributed by atoms with E-state index in [0.717, 1.165) is 34.6 Å². The second-order valence-corrected chi connectivity index (χ2v) is 6.16. The zero-order chi connectivity index (χ0) is 17.3. The molecule has 0 saturated heterocycles. The van der Waals surface area contributed by atoms with Gasteiger partial charge in [-0.25, -0.2) is 0 Å². The molecule has 5 rings (SSSR count). The lowest BCUT2D eigenvalue weighted by Crippen LogP contribution is -2.23. The molecule has 0 N–H and O–H groups in total. The summed E-state index contributed by atoms with van der Waals surface area (Å²) in [4.78, 5) is 13.0. The number of hydrogen-bond acceptors (Lipinski definition) is 5. The molecule has 0 aliphatic carbocycles. The number of rotatable bonds is 4. The van der Waals surface area contributed by atoms with E-state index in [-0.39, 0.29) is 6.10 Å². The Morgan fingerprint density at radius 1 is 1.08 bits per heavy atom. The van der Waals surface area contributed by atoms with E-state index in [1.165, 1.54) is 0 Å². The lowest BCUT2D eigenvalue weighted by molar-refractivity contribution is 0.143. The van der Waals surface area contributed by atoms with Crippen molar-refractivity contribution in [1.29, 1.82) is 0 Å². The van der Waals surface area contributed by atoms with Crippen LogP contribution in [0.5, 0.6) is 11.8 Å². The predicted octanol–water partition coefficient (Wildman–Crippen LogP) is 3.33. The summed E-state index contributed by atoms with van der Waals surface area (Å²) in [6, 6.07) is 16.4. The molecule has 128 valence electrons. The monoisotopic (exact) mass is 344 g/mol. The molecule has 1 aliphatic rings. The van der Waals surface area contributed by atoms with Gasteiger partial charge in [-0.05, 0) is 36.4 Å². The van der Waals surface area contributed by atoms with Gasteiger partial charge in [0, 0.05) is 18.0 Å². The van der Waals surface area contributed by atoms with Gasteiger partial charge in [0.15, 0.2) is 6.10 Å². The third-order valence-electron chi connectivity index (χ3n) is 4.43. The first-order valence-electron chi connectivity index (χ1n) is 8.48. The van der Waals surface area contributed by atoms with Gasteiger partial charge in [0.1, 0.15) is 12.4 Å². The van der Waals surface area contributed by atoms with Crippen molar-refractivity contribution in [2.75, 3.05) is 6.61 Å². The molecule has 0 spiro atoms. The number of nitrogens with zero attached hydrogens (tertiary/aromatic N) is 4. The van der Waals surface area contributed by atoms with Crippen LogP contribution in [-0.2, 0) is 6.54 Å². The summed E-state index contributed by atoms with van der Waals surface area (Å²) in [6.07, 6.45) is 5.19. The fourth-order valence-electron chi connectivity index (χ4n) is 3.14. The molecule has 1 atom stereocenters. The maximum absolute atomic E-state index is 5.91. The Bertz CT molecular complexity index is 1040. The van der Waals surface area contributed by atoms with Crippen LogP contribution in [0.1, 0.15) is 0 Å². The lowest BCUT2D eigenvalue weighted by atomic mass is 10.2. The van der Waals surface area contributed by atoms with E-state index in [0.29, 0.717) is 12.6 Å². The van der Waals surface area contributed by atoms with Crippen LogP contribution in [0.4, 0.5) is 0 Å². The number of ether oxygens (including phenoxy) is 2. The van der Waals surface area contributed by atoms with Gasteiger partial charge in [-0.3, -0.25) is 14.5 Å². The maximum Gasteiger partial charge on any atom is 0.297 e.